The van der Waals surface area contributed by atoms with E-state index in [0.29, 0.717) is 16.6 Å². The molecule has 1 aliphatic carbocycles. The van der Waals surface area contributed by atoms with Crippen LogP contribution >= 0.6 is 12.1 Å². The Morgan fingerprint density at radius 2 is 1.93 bits per heavy atom. The summed E-state index contributed by atoms with van der Waals surface area (Å²) in [6, 6.07) is 8.76. The van der Waals surface area contributed by atoms with Gasteiger partial charge in [0.05, 0.1) is 29.9 Å². The Morgan fingerprint density at radius 1 is 1.23 bits per heavy atom. The molecule has 1 aromatic heterocycles. The Balaban J connectivity index is 1.71. The van der Waals surface area contributed by atoms with Crippen LogP contribution in [0.15, 0.2) is 53.6 Å². The largest absolute Gasteiger partial charge is 0.380 e. The maximum Gasteiger partial charge on any atom is 0.236 e. The van der Waals surface area contributed by atoms with Gasteiger partial charge in [0.2, 0.25) is 5.91 Å². The zero-order chi connectivity index (χ0) is 21.4. The summed E-state index contributed by atoms with van der Waals surface area (Å²) in [7, 11) is 0. The maximum atomic E-state index is 14.6. The average molecular weight is 431 g/mol. The Kier molecular flexibility index (Phi) is 5.51. The normalized spacial score (nSPS) is 18.2. The van der Waals surface area contributed by atoms with E-state index in [2.05, 4.69) is 16.9 Å². The van der Waals surface area contributed by atoms with Crippen molar-refractivity contribution in [1.82, 2.24) is 10.3 Å². The van der Waals surface area contributed by atoms with Crippen LogP contribution in [0.5, 0.6) is 0 Å². The van der Waals surface area contributed by atoms with Crippen molar-refractivity contribution >= 4 is 29.0 Å². The molecule has 0 unspecified atom stereocenters. The first-order valence-electron chi connectivity index (χ1n) is 9.48. The van der Waals surface area contributed by atoms with Crippen LogP contribution in [0.1, 0.15) is 24.3 Å². The number of allylic oxidation sites excluding steroid dienone is 1. The van der Waals surface area contributed by atoms with E-state index in [9.17, 15) is 17.5 Å². The molecule has 3 aromatic rings. The third-order valence-electron chi connectivity index (χ3n) is 5.62. The predicted octanol–water partition coefficient (Wildman–Crippen LogP) is 5.17. The van der Waals surface area contributed by atoms with Crippen molar-refractivity contribution in [1.29, 1.82) is 0 Å². The van der Waals surface area contributed by atoms with E-state index >= 15 is 0 Å². The van der Waals surface area contributed by atoms with Gasteiger partial charge < -0.3 is 16.0 Å². The zero-order valence-electron chi connectivity index (χ0n) is 16.0. The number of aromatic amines is 1. The molecule has 4 nitrogen and oxygen atoms in total. The van der Waals surface area contributed by atoms with Gasteiger partial charge in [-0.1, -0.05) is 6.58 Å². The molecular weight excluding hydrogens is 411 g/mol. The lowest BCUT2D eigenvalue weighted by Crippen LogP contribution is -2.34. The molecule has 1 amide bonds. The quantitative estimate of drug-likeness (QED) is 0.483. The fourth-order valence-electron chi connectivity index (χ4n) is 4.04. The Hall–Kier alpha value is -2.87. The fourth-order valence-corrected chi connectivity index (χ4v) is 4.35. The minimum atomic E-state index is -0.536. The Morgan fingerprint density at radius 3 is 2.57 bits per heavy atom. The third kappa shape index (κ3) is 3.79. The van der Waals surface area contributed by atoms with E-state index in [4.69, 9.17) is 5.73 Å². The molecule has 0 spiro atoms. The van der Waals surface area contributed by atoms with Crippen LogP contribution < -0.4 is 11.1 Å². The van der Waals surface area contributed by atoms with Gasteiger partial charge >= 0.3 is 0 Å². The van der Waals surface area contributed by atoms with E-state index in [1.807, 2.05) is 0 Å². The summed E-state index contributed by atoms with van der Waals surface area (Å²) in [5, 5.41) is 3.55. The highest BCUT2D eigenvalue weighted by Crippen LogP contribution is 2.50. The lowest BCUT2D eigenvalue weighted by molar-refractivity contribution is -0.117. The number of carbonyl (C=O) groups is 1. The van der Waals surface area contributed by atoms with Crippen molar-refractivity contribution in [3.63, 3.8) is 0 Å². The van der Waals surface area contributed by atoms with Crippen molar-refractivity contribution in [2.24, 2.45) is 11.7 Å². The van der Waals surface area contributed by atoms with Crippen LogP contribution in [0.4, 0.5) is 12.7 Å². The molecule has 0 bridgehead atoms. The van der Waals surface area contributed by atoms with Gasteiger partial charge in [0.1, 0.15) is 11.6 Å². The third-order valence-corrected chi connectivity index (χ3v) is 6.04. The lowest BCUT2D eigenvalue weighted by Gasteiger charge is -2.37. The Bertz CT molecular complexity index is 1120. The van der Waals surface area contributed by atoms with Crippen LogP contribution in [0.3, 0.4) is 0 Å². The molecule has 0 aliphatic heterocycles. The molecular formula is C22H20F3N3OS. The van der Waals surface area contributed by atoms with Gasteiger partial charge in [-0.2, -0.15) is 3.89 Å². The standard InChI is InChI=1S/C22H20F3N3OS/c1-11(27-10-19(26)29)13-6-14(7-13)20-17-8-16(30-25)9-18(24)22(17)28-21(20)12-2-4-15(23)5-3-12/h2-5,8-9,13-14,27-28H,1,6-7,10H2,(H2,26,29). The number of benzene rings is 2. The zero-order valence-corrected chi connectivity index (χ0v) is 16.8. The summed E-state index contributed by atoms with van der Waals surface area (Å²) < 4.78 is 41.2. The fraction of sp³-hybridized carbons (Fsp3) is 0.227. The van der Waals surface area contributed by atoms with Gasteiger partial charge in [-0.25, -0.2) is 8.78 Å². The van der Waals surface area contributed by atoms with Gasteiger partial charge in [0.15, 0.2) is 0 Å². The minimum absolute atomic E-state index is 0.00576. The predicted molar refractivity (Wildman–Crippen MR) is 112 cm³/mol. The highest BCUT2D eigenvalue weighted by Gasteiger charge is 2.36. The first-order chi connectivity index (χ1) is 14.4. The highest BCUT2D eigenvalue weighted by atomic mass is 32.2. The van der Waals surface area contributed by atoms with E-state index in [-0.39, 0.29) is 41.2 Å². The first kappa shape index (κ1) is 20.4. The first-order valence-corrected chi connectivity index (χ1v) is 10.2. The molecule has 0 atom stereocenters. The number of H-pyrrole nitrogens is 1. The van der Waals surface area contributed by atoms with E-state index in [1.54, 1.807) is 18.2 Å². The van der Waals surface area contributed by atoms with E-state index in [1.165, 1.54) is 12.1 Å². The smallest absolute Gasteiger partial charge is 0.236 e. The maximum absolute atomic E-state index is 14.6. The summed E-state index contributed by atoms with van der Waals surface area (Å²) in [6.07, 6.45) is 1.47. The summed E-state index contributed by atoms with van der Waals surface area (Å²) in [6.45, 7) is 4.00. The van der Waals surface area contributed by atoms with Crippen molar-refractivity contribution < 1.29 is 17.5 Å². The molecule has 0 radical (unpaired) electrons. The number of halogens is 3. The number of fused-ring (bicyclic) bond motifs is 1. The number of aromatic nitrogens is 1. The van der Waals surface area contributed by atoms with E-state index < -0.39 is 11.7 Å². The van der Waals surface area contributed by atoms with E-state index in [0.717, 1.165) is 35.7 Å². The molecule has 4 rings (SSSR count). The summed E-state index contributed by atoms with van der Waals surface area (Å²) >= 11 is -0.00576. The number of rotatable bonds is 7. The van der Waals surface area contributed by atoms with Gasteiger partial charge in [-0.15, -0.1) is 0 Å². The number of nitrogens with one attached hydrogen (secondary N) is 2. The number of nitrogens with two attached hydrogens (primary N) is 1. The highest BCUT2D eigenvalue weighted by molar-refractivity contribution is 7.94. The van der Waals surface area contributed by atoms with Crippen LogP contribution in [0.25, 0.3) is 22.2 Å². The molecule has 1 saturated carbocycles. The molecule has 4 N–H and O–H groups in total. The molecule has 8 heteroatoms. The second-order valence-corrected chi connectivity index (χ2v) is 8.16. The summed E-state index contributed by atoms with van der Waals surface area (Å²) in [5.41, 5.74) is 8.51. The van der Waals surface area contributed by atoms with Gasteiger partial charge in [-0.05, 0) is 72.2 Å². The van der Waals surface area contributed by atoms with Crippen molar-refractivity contribution in [2.75, 3.05) is 6.54 Å². The van der Waals surface area contributed by atoms with Gasteiger partial charge in [0.25, 0.3) is 0 Å². The minimum Gasteiger partial charge on any atom is -0.380 e. The van der Waals surface area contributed by atoms with Gasteiger partial charge in [0, 0.05) is 16.0 Å². The number of primary amides is 1. The topological polar surface area (TPSA) is 70.9 Å². The second kappa shape index (κ2) is 8.10. The molecule has 156 valence electrons. The molecule has 0 saturated heterocycles. The second-order valence-electron chi connectivity index (χ2n) is 7.54. The number of amides is 1. The van der Waals surface area contributed by atoms with Crippen LogP contribution in [-0.2, 0) is 4.79 Å². The number of hydrogen-bond acceptors (Lipinski definition) is 3. The number of hydrogen-bond donors (Lipinski definition) is 3. The number of carbonyl (C=O) groups excluding carboxylic acids is 1. The summed E-state index contributed by atoms with van der Waals surface area (Å²) in [5.74, 6) is -1.14. The SMILES string of the molecule is C=C(NCC(N)=O)C1CC(c2c(-c3ccc(F)cc3)[nH]c3c(F)cc(SF)cc23)C1. The summed E-state index contributed by atoms with van der Waals surface area (Å²) in [4.78, 5) is 14.3. The van der Waals surface area contributed by atoms with Crippen molar-refractivity contribution in [3.8, 4) is 11.3 Å². The van der Waals surface area contributed by atoms with Crippen molar-refractivity contribution in [3.05, 3.63) is 65.9 Å². The van der Waals surface area contributed by atoms with Crippen LogP contribution in [0, 0.1) is 17.6 Å². The molecule has 1 fully saturated rings. The Labute approximate surface area is 176 Å². The molecule has 2 aromatic carbocycles. The van der Waals surface area contributed by atoms with Crippen LogP contribution in [-0.4, -0.2) is 17.4 Å². The monoisotopic (exact) mass is 431 g/mol. The van der Waals surface area contributed by atoms with Gasteiger partial charge in [-0.3, -0.25) is 4.79 Å². The van der Waals surface area contributed by atoms with Crippen molar-refractivity contribution in [2.45, 2.75) is 23.7 Å². The molecule has 1 aliphatic rings. The molecule has 30 heavy (non-hydrogen) atoms. The molecule has 1 heterocycles. The van der Waals surface area contributed by atoms with Crippen LogP contribution in [0.2, 0.25) is 0 Å². The average Bonchev–Trinajstić information content (AvgIpc) is 3.05. The lowest BCUT2D eigenvalue weighted by atomic mass is 9.69.